The van der Waals surface area contributed by atoms with Crippen molar-refractivity contribution in [1.82, 2.24) is 9.80 Å². The summed E-state index contributed by atoms with van der Waals surface area (Å²) in [6.45, 7) is 4.67. The first-order valence-corrected chi connectivity index (χ1v) is 11.0. The molecule has 2 amide bonds. The largest absolute Gasteiger partial charge is 0.496 e. The molecule has 1 aliphatic heterocycles. The molecular weight excluding hydrogens is 412 g/mol. The number of imide groups is 1. The van der Waals surface area contributed by atoms with Crippen molar-refractivity contribution in [2.75, 3.05) is 14.2 Å². The molecule has 4 rings (SSSR count). The Morgan fingerprint density at radius 2 is 1.58 bits per heavy atom. The zero-order valence-electron chi connectivity index (χ0n) is 19.5. The Kier molecular flexibility index (Phi) is 6.31. The standard InChI is InChI=1S/C28H28N2O3/c1-19-14-15-23(20(2)16-19)25-26(29(3)17-21-10-6-5-7-11-21)28(32)30(27(25)31)18-22-12-8-9-13-24(22)33-4/h5-16H,17-18H2,1-4H3. The van der Waals surface area contributed by atoms with Gasteiger partial charge in [0.2, 0.25) is 0 Å². The van der Waals surface area contributed by atoms with E-state index in [4.69, 9.17) is 4.74 Å². The summed E-state index contributed by atoms with van der Waals surface area (Å²) in [5.41, 5.74) is 5.59. The lowest BCUT2D eigenvalue weighted by atomic mass is 9.97. The van der Waals surface area contributed by atoms with Gasteiger partial charge in [0, 0.05) is 19.2 Å². The van der Waals surface area contributed by atoms with Crippen molar-refractivity contribution < 1.29 is 14.3 Å². The van der Waals surface area contributed by atoms with Crippen LogP contribution in [0, 0.1) is 13.8 Å². The molecule has 5 nitrogen and oxygen atoms in total. The average Bonchev–Trinajstić information content (AvgIpc) is 3.05. The normalized spacial score (nSPS) is 13.6. The highest BCUT2D eigenvalue weighted by Crippen LogP contribution is 2.35. The van der Waals surface area contributed by atoms with Gasteiger partial charge in [-0.05, 0) is 36.6 Å². The van der Waals surface area contributed by atoms with Crippen LogP contribution in [0.25, 0.3) is 5.57 Å². The summed E-state index contributed by atoms with van der Waals surface area (Å²) in [4.78, 5) is 30.6. The maximum Gasteiger partial charge on any atom is 0.278 e. The molecule has 168 valence electrons. The van der Waals surface area contributed by atoms with Crippen LogP contribution in [0.2, 0.25) is 0 Å². The number of amides is 2. The Balaban J connectivity index is 1.77. The predicted octanol–water partition coefficient (Wildman–Crippen LogP) is 4.72. The molecule has 0 aromatic heterocycles. The Bertz CT molecular complexity index is 1230. The van der Waals surface area contributed by atoms with E-state index in [1.54, 1.807) is 7.11 Å². The molecule has 0 radical (unpaired) electrons. The maximum absolute atomic E-state index is 13.7. The number of nitrogens with zero attached hydrogens (tertiary/aromatic N) is 2. The molecule has 0 spiro atoms. The zero-order chi connectivity index (χ0) is 23.5. The quantitative estimate of drug-likeness (QED) is 0.499. The molecule has 0 N–H and O–H groups in total. The number of aryl methyl sites for hydroxylation is 2. The lowest BCUT2D eigenvalue weighted by molar-refractivity contribution is -0.138. The van der Waals surface area contributed by atoms with Gasteiger partial charge in [0.1, 0.15) is 11.4 Å². The first-order chi connectivity index (χ1) is 15.9. The third kappa shape index (κ3) is 4.40. The summed E-state index contributed by atoms with van der Waals surface area (Å²) in [6.07, 6.45) is 0. The van der Waals surface area contributed by atoms with Crippen molar-refractivity contribution in [3.63, 3.8) is 0 Å². The molecule has 0 unspecified atom stereocenters. The highest BCUT2D eigenvalue weighted by atomic mass is 16.5. The van der Waals surface area contributed by atoms with Crippen molar-refractivity contribution in [2.24, 2.45) is 0 Å². The fraction of sp³-hybridized carbons (Fsp3) is 0.214. The average molecular weight is 441 g/mol. The predicted molar refractivity (Wildman–Crippen MR) is 129 cm³/mol. The molecule has 0 saturated heterocycles. The van der Waals surface area contributed by atoms with E-state index in [1.165, 1.54) is 4.90 Å². The molecule has 0 bridgehead atoms. The number of rotatable bonds is 7. The van der Waals surface area contributed by atoms with Crippen molar-refractivity contribution in [3.8, 4) is 5.75 Å². The maximum atomic E-state index is 13.7. The van der Waals surface area contributed by atoms with Crippen LogP contribution < -0.4 is 4.74 Å². The van der Waals surface area contributed by atoms with Crippen LogP contribution in [-0.4, -0.2) is 35.8 Å². The first-order valence-electron chi connectivity index (χ1n) is 11.0. The van der Waals surface area contributed by atoms with Gasteiger partial charge >= 0.3 is 0 Å². The third-order valence-electron chi connectivity index (χ3n) is 5.96. The summed E-state index contributed by atoms with van der Waals surface area (Å²) >= 11 is 0. The topological polar surface area (TPSA) is 49.9 Å². The van der Waals surface area contributed by atoms with Crippen LogP contribution in [-0.2, 0) is 22.7 Å². The van der Waals surface area contributed by atoms with Gasteiger partial charge in [-0.2, -0.15) is 0 Å². The summed E-state index contributed by atoms with van der Waals surface area (Å²) in [5, 5.41) is 0. The van der Waals surface area contributed by atoms with Crippen LogP contribution in [0.15, 0.2) is 78.5 Å². The summed E-state index contributed by atoms with van der Waals surface area (Å²) < 4.78 is 5.45. The minimum absolute atomic E-state index is 0.152. The van der Waals surface area contributed by atoms with E-state index in [0.717, 1.165) is 27.8 Å². The van der Waals surface area contributed by atoms with Gasteiger partial charge in [-0.15, -0.1) is 0 Å². The van der Waals surface area contributed by atoms with Crippen molar-refractivity contribution >= 4 is 17.4 Å². The monoisotopic (exact) mass is 440 g/mol. The van der Waals surface area contributed by atoms with Gasteiger partial charge in [-0.3, -0.25) is 14.5 Å². The molecule has 1 heterocycles. The van der Waals surface area contributed by atoms with Crippen molar-refractivity contribution in [1.29, 1.82) is 0 Å². The molecule has 33 heavy (non-hydrogen) atoms. The van der Waals surface area contributed by atoms with E-state index >= 15 is 0 Å². The molecule has 0 fully saturated rings. The fourth-order valence-electron chi connectivity index (χ4n) is 4.34. The van der Waals surface area contributed by atoms with Gasteiger partial charge in [-0.25, -0.2) is 0 Å². The molecule has 0 aliphatic carbocycles. The number of benzene rings is 3. The van der Waals surface area contributed by atoms with E-state index in [-0.39, 0.29) is 18.4 Å². The second-order valence-electron chi connectivity index (χ2n) is 8.39. The number of para-hydroxylation sites is 1. The minimum Gasteiger partial charge on any atom is -0.496 e. The molecule has 3 aromatic rings. The first kappa shape index (κ1) is 22.3. The summed E-state index contributed by atoms with van der Waals surface area (Å²) in [5.74, 6) is 0.0735. The van der Waals surface area contributed by atoms with Crippen LogP contribution in [0.3, 0.4) is 0 Å². The Morgan fingerprint density at radius 1 is 0.879 bits per heavy atom. The zero-order valence-corrected chi connectivity index (χ0v) is 19.5. The summed E-state index contributed by atoms with van der Waals surface area (Å²) in [6, 6.07) is 23.3. The Hall–Kier alpha value is -3.86. The molecule has 1 aliphatic rings. The lowest BCUT2D eigenvalue weighted by Gasteiger charge is -2.22. The second-order valence-corrected chi connectivity index (χ2v) is 8.39. The van der Waals surface area contributed by atoms with Gasteiger partial charge in [0.15, 0.2) is 0 Å². The number of likely N-dealkylation sites (N-methyl/N-ethyl adjacent to an activating group) is 1. The van der Waals surface area contributed by atoms with Gasteiger partial charge in [0.05, 0.1) is 19.2 Å². The van der Waals surface area contributed by atoms with E-state index in [2.05, 4.69) is 0 Å². The van der Waals surface area contributed by atoms with Crippen LogP contribution in [0.5, 0.6) is 5.75 Å². The highest BCUT2D eigenvalue weighted by Gasteiger charge is 2.41. The van der Waals surface area contributed by atoms with Crippen LogP contribution in [0.1, 0.15) is 27.8 Å². The third-order valence-corrected chi connectivity index (χ3v) is 5.96. The Labute approximate surface area is 194 Å². The fourth-order valence-corrected chi connectivity index (χ4v) is 4.34. The number of ether oxygens (including phenoxy) is 1. The van der Waals surface area contributed by atoms with Gasteiger partial charge in [-0.1, -0.05) is 72.3 Å². The Morgan fingerprint density at radius 3 is 2.27 bits per heavy atom. The summed E-state index contributed by atoms with van der Waals surface area (Å²) in [7, 11) is 3.45. The number of hydrogen-bond acceptors (Lipinski definition) is 4. The molecular formula is C28H28N2O3. The van der Waals surface area contributed by atoms with Gasteiger partial charge < -0.3 is 9.64 Å². The smallest absolute Gasteiger partial charge is 0.278 e. The minimum atomic E-state index is -0.292. The van der Waals surface area contributed by atoms with Crippen molar-refractivity contribution in [3.05, 3.63) is 106 Å². The second kappa shape index (κ2) is 9.33. The number of carbonyl (C=O) groups excluding carboxylic acids is 2. The van der Waals surface area contributed by atoms with E-state index < -0.39 is 0 Å². The van der Waals surface area contributed by atoms with E-state index in [9.17, 15) is 9.59 Å². The van der Waals surface area contributed by atoms with E-state index in [1.807, 2.05) is 98.6 Å². The number of carbonyl (C=O) groups is 2. The SMILES string of the molecule is COc1ccccc1CN1C(=O)C(c2ccc(C)cc2C)=C(N(C)Cc2ccccc2)C1=O. The molecule has 3 aromatic carbocycles. The molecule has 0 atom stereocenters. The van der Waals surface area contributed by atoms with Crippen molar-refractivity contribution in [2.45, 2.75) is 26.9 Å². The lowest BCUT2D eigenvalue weighted by Crippen LogP contribution is -2.33. The molecule has 5 heteroatoms. The van der Waals surface area contributed by atoms with Crippen LogP contribution in [0.4, 0.5) is 0 Å². The van der Waals surface area contributed by atoms with Crippen LogP contribution >= 0.6 is 0 Å². The number of hydrogen-bond donors (Lipinski definition) is 0. The highest BCUT2D eigenvalue weighted by molar-refractivity contribution is 6.35. The van der Waals surface area contributed by atoms with E-state index in [0.29, 0.717) is 23.6 Å². The number of methoxy groups -OCH3 is 1. The van der Waals surface area contributed by atoms with Gasteiger partial charge in [0.25, 0.3) is 11.8 Å². The molecule has 0 saturated carbocycles.